The molecule has 8 heteroatoms. The number of sulfone groups is 1. The molecule has 1 heterocycles. The summed E-state index contributed by atoms with van der Waals surface area (Å²) in [7, 11) is -3.01. The van der Waals surface area contributed by atoms with Crippen molar-refractivity contribution >= 4 is 21.8 Å². The van der Waals surface area contributed by atoms with Gasteiger partial charge in [0, 0.05) is 25.3 Å². The largest absolute Gasteiger partial charge is 0.450 e. The van der Waals surface area contributed by atoms with E-state index >= 15 is 0 Å². The van der Waals surface area contributed by atoms with Crippen LogP contribution in [0.25, 0.3) is 0 Å². The minimum absolute atomic E-state index is 0.0191. The molecule has 0 aromatic rings. The maximum atomic E-state index is 12.7. The summed E-state index contributed by atoms with van der Waals surface area (Å²) in [4.78, 5) is 28.9. The number of rotatable bonds is 4. The van der Waals surface area contributed by atoms with E-state index in [4.69, 9.17) is 4.74 Å². The SMILES string of the molecule is CCOC(=O)N1C[C@H](C)N(C(C)=O)C2CCC(C3CCCC(S(=O)(=O)CC)C3)CC21. The number of carbonyl (C=O) groups excluding carboxylic acids is 2. The lowest BCUT2D eigenvalue weighted by Crippen LogP contribution is -2.67. The van der Waals surface area contributed by atoms with Crippen LogP contribution in [-0.4, -0.2) is 72.5 Å². The first-order chi connectivity index (χ1) is 14.2. The zero-order chi connectivity index (χ0) is 22.1. The molecule has 2 amide bonds. The summed E-state index contributed by atoms with van der Waals surface area (Å²) in [5.41, 5.74) is 0. The Balaban J connectivity index is 1.79. The molecule has 3 fully saturated rings. The molecule has 0 N–H and O–H groups in total. The fraction of sp³-hybridized carbons (Fsp3) is 0.909. The van der Waals surface area contributed by atoms with Gasteiger partial charge in [-0.25, -0.2) is 13.2 Å². The molecule has 3 aliphatic rings. The predicted octanol–water partition coefficient (Wildman–Crippen LogP) is 3.23. The minimum Gasteiger partial charge on any atom is -0.450 e. The van der Waals surface area contributed by atoms with Crippen molar-refractivity contribution < 1.29 is 22.7 Å². The van der Waals surface area contributed by atoms with E-state index in [1.54, 1.807) is 13.8 Å². The highest BCUT2D eigenvalue weighted by atomic mass is 32.2. The van der Waals surface area contributed by atoms with Crippen LogP contribution in [0.1, 0.15) is 72.6 Å². The zero-order valence-electron chi connectivity index (χ0n) is 18.9. The Bertz CT molecular complexity index is 740. The average molecular weight is 443 g/mol. The van der Waals surface area contributed by atoms with Crippen LogP contribution in [0.4, 0.5) is 4.79 Å². The molecule has 6 atom stereocenters. The van der Waals surface area contributed by atoms with Gasteiger partial charge in [-0.3, -0.25) is 4.79 Å². The molecule has 2 aliphatic carbocycles. The normalized spacial score (nSPS) is 34.9. The second kappa shape index (κ2) is 9.45. The van der Waals surface area contributed by atoms with Crippen LogP contribution in [0.3, 0.4) is 0 Å². The van der Waals surface area contributed by atoms with Crippen LogP contribution < -0.4 is 0 Å². The standard InChI is InChI=1S/C22H38N2O5S/c1-5-29-22(26)23-14-15(3)24(16(4)25)20-11-10-18(13-21(20)23)17-8-7-9-19(12-17)30(27,28)6-2/h15,17-21H,5-14H2,1-4H3/t15-,17?,18?,19?,20?,21?/m0/s1. The van der Waals surface area contributed by atoms with E-state index in [-0.39, 0.29) is 41.1 Å². The molecular formula is C22H38N2O5S. The first-order valence-corrected chi connectivity index (χ1v) is 13.3. The highest BCUT2D eigenvalue weighted by Crippen LogP contribution is 2.44. The van der Waals surface area contributed by atoms with Crippen molar-refractivity contribution in [2.24, 2.45) is 11.8 Å². The van der Waals surface area contributed by atoms with E-state index in [0.29, 0.717) is 25.0 Å². The molecule has 1 saturated heterocycles. The van der Waals surface area contributed by atoms with Crippen molar-refractivity contribution in [1.82, 2.24) is 9.80 Å². The summed E-state index contributed by atoms with van der Waals surface area (Å²) in [5, 5.41) is -0.222. The van der Waals surface area contributed by atoms with Gasteiger partial charge in [0.05, 0.1) is 23.9 Å². The van der Waals surface area contributed by atoms with Gasteiger partial charge in [0.25, 0.3) is 0 Å². The lowest BCUT2D eigenvalue weighted by Gasteiger charge is -2.54. The number of hydrogen-bond acceptors (Lipinski definition) is 5. The summed E-state index contributed by atoms with van der Waals surface area (Å²) in [5.74, 6) is 1.04. The Labute approximate surface area is 181 Å². The molecule has 5 unspecified atom stereocenters. The molecule has 30 heavy (non-hydrogen) atoms. The van der Waals surface area contributed by atoms with Gasteiger partial charge in [-0.05, 0) is 57.8 Å². The topological polar surface area (TPSA) is 84.0 Å². The molecule has 172 valence electrons. The number of carbonyl (C=O) groups is 2. The monoisotopic (exact) mass is 442 g/mol. The van der Waals surface area contributed by atoms with E-state index in [2.05, 4.69) is 0 Å². The van der Waals surface area contributed by atoms with Crippen LogP contribution in [0.15, 0.2) is 0 Å². The summed E-state index contributed by atoms with van der Waals surface area (Å²) in [6.07, 6.45) is 5.90. The van der Waals surface area contributed by atoms with Crippen molar-refractivity contribution in [3.05, 3.63) is 0 Å². The van der Waals surface area contributed by atoms with Gasteiger partial charge < -0.3 is 14.5 Å². The van der Waals surface area contributed by atoms with Gasteiger partial charge >= 0.3 is 6.09 Å². The maximum absolute atomic E-state index is 12.7. The van der Waals surface area contributed by atoms with E-state index in [1.807, 2.05) is 23.6 Å². The van der Waals surface area contributed by atoms with Gasteiger partial charge in [0.15, 0.2) is 9.84 Å². The van der Waals surface area contributed by atoms with Crippen molar-refractivity contribution in [2.75, 3.05) is 18.9 Å². The molecule has 0 bridgehead atoms. The molecule has 7 nitrogen and oxygen atoms in total. The second-order valence-corrected chi connectivity index (χ2v) is 11.9. The predicted molar refractivity (Wildman–Crippen MR) is 116 cm³/mol. The van der Waals surface area contributed by atoms with E-state index < -0.39 is 9.84 Å². The van der Waals surface area contributed by atoms with Crippen molar-refractivity contribution in [3.63, 3.8) is 0 Å². The van der Waals surface area contributed by atoms with Gasteiger partial charge in [0.1, 0.15) is 0 Å². The Morgan fingerprint density at radius 1 is 1.00 bits per heavy atom. The lowest BCUT2D eigenvalue weighted by atomic mass is 9.69. The third-order valence-electron chi connectivity index (χ3n) is 7.62. The molecule has 0 aromatic carbocycles. The maximum Gasteiger partial charge on any atom is 0.410 e. The smallest absolute Gasteiger partial charge is 0.410 e. The summed E-state index contributed by atoms with van der Waals surface area (Å²) in [6.45, 7) is 7.98. The Morgan fingerprint density at radius 2 is 1.70 bits per heavy atom. The Hall–Kier alpha value is -1.31. The summed E-state index contributed by atoms with van der Waals surface area (Å²) >= 11 is 0. The van der Waals surface area contributed by atoms with Crippen LogP contribution in [0.5, 0.6) is 0 Å². The fourth-order valence-electron chi connectivity index (χ4n) is 6.22. The van der Waals surface area contributed by atoms with Crippen molar-refractivity contribution in [3.8, 4) is 0 Å². The summed E-state index contributed by atoms with van der Waals surface area (Å²) < 4.78 is 30.3. The van der Waals surface area contributed by atoms with Crippen LogP contribution in [-0.2, 0) is 19.4 Å². The number of hydrogen-bond donors (Lipinski definition) is 0. The fourth-order valence-corrected chi connectivity index (χ4v) is 7.75. The zero-order valence-corrected chi connectivity index (χ0v) is 19.7. The van der Waals surface area contributed by atoms with Crippen molar-refractivity contribution in [2.45, 2.75) is 96.0 Å². The van der Waals surface area contributed by atoms with Gasteiger partial charge in [0.2, 0.25) is 5.91 Å². The molecule has 3 rings (SSSR count). The number of piperazine rings is 1. The highest BCUT2D eigenvalue weighted by Gasteiger charge is 2.48. The quantitative estimate of drug-likeness (QED) is 0.667. The third-order valence-corrected chi connectivity index (χ3v) is 9.87. The summed E-state index contributed by atoms with van der Waals surface area (Å²) in [6, 6.07) is -0.0600. The molecule has 1 aliphatic heterocycles. The Morgan fingerprint density at radius 3 is 2.33 bits per heavy atom. The highest BCUT2D eigenvalue weighted by molar-refractivity contribution is 7.92. The molecule has 0 radical (unpaired) electrons. The van der Waals surface area contributed by atoms with E-state index in [1.165, 1.54) is 0 Å². The molecule has 0 aromatic heterocycles. The van der Waals surface area contributed by atoms with Crippen molar-refractivity contribution in [1.29, 1.82) is 0 Å². The average Bonchev–Trinajstić information content (AvgIpc) is 2.72. The van der Waals surface area contributed by atoms with Gasteiger partial charge in [-0.1, -0.05) is 19.8 Å². The first kappa shape index (κ1) is 23.4. The van der Waals surface area contributed by atoms with Crippen LogP contribution >= 0.6 is 0 Å². The molecule has 2 saturated carbocycles. The number of fused-ring (bicyclic) bond motifs is 1. The first-order valence-electron chi connectivity index (χ1n) is 11.6. The second-order valence-electron chi connectivity index (χ2n) is 9.33. The van der Waals surface area contributed by atoms with Gasteiger partial charge in [-0.2, -0.15) is 0 Å². The Kier molecular flexibility index (Phi) is 7.36. The number of nitrogens with zero attached hydrogens (tertiary/aromatic N) is 2. The molecular weight excluding hydrogens is 404 g/mol. The molecule has 0 spiro atoms. The van der Waals surface area contributed by atoms with E-state index in [9.17, 15) is 18.0 Å². The number of amides is 2. The van der Waals surface area contributed by atoms with E-state index in [0.717, 1.165) is 44.9 Å². The van der Waals surface area contributed by atoms with Crippen LogP contribution in [0.2, 0.25) is 0 Å². The lowest BCUT2D eigenvalue weighted by molar-refractivity contribution is -0.142. The minimum atomic E-state index is -3.01. The van der Waals surface area contributed by atoms with Crippen LogP contribution in [0, 0.1) is 11.8 Å². The third kappa shape index (κ3) is 4.63. The van der Waals surface area contributed by atoms with Gasteiger partial charge in [-0.15, -0.1) is 0 Å². The number of ether oxygens (including phenoxy) is 1.